The second-order valence-corrected chi connectivity index (χ2v) is 4.59. The van der Waals surface area contributed by atoms with Crippen LogP contribution in [0.4, 0.5) is 5.69 Å². The van der Waals surface area contributed by atoms with Crippen LogP contribution in [-0.4, -0.2) is 26.2 Å². The number of carbonyl (C=O) groups is 1. The first kappa shape index (κ1) is 14.5. The number of nitriles is 1. The maximum absolute atomic E-state index is 11.2. The van der Waals surface area contributed by atoms with E-state index in [1.165, 1.54) is 7.11 Å². The van der Waals surface area contributed by atoms with Crippen molar-refractivity contribution in [3.8, 4) is 6.07 Å². The van der Waals surface area contributed by atoms with E-state index in [2.05, 4.69) is 26.7 Å². The summed E-state index contributed by atoms with van der Waals surface area (Å²) >= 11 is 3.39. The van der Waals surface area contributed by atoms with E-state index in [4.69, 9.17) is 5.26 Å². The van der Waals surface area contributed by atoms with E-state index in [1.807, 2.05) is 24.0 Å². The summed E-state index contributed by atoms with van der Waals surface area (Å²) in [5, 5.41) is 9.09. The number of methoxy groups -OCH3 is 1. The van der Waals surface area contributed by atoms with Crippen LogP contribution in [0.2, 0.25) is 0 Å². The molecular weight excluding hydrogens is 296 g/mol. The minimum atomic E-state index is -0.248. The van der Waals surface area contributed by atoms with Crippen LogP contribution >= 0.6 is 15.9 Å². The van der Waals surface area contributed by atoms with Crippen molar-refractivity contribution < 1.29 is 9.53 Å². The molecule has 0 unspecified atom stereocenters. The number of rotatable bonds is 5. The van der Waals surface area contributed by atoms with Gasteiger partial charge in [0.25, 0.3) is 0 Å². The van der Waals surface area contributed by atoms with Crippen LogP contribution in [0.15, 0.2) is 22.7 Å². The lowest BCUT2D eigenvalue weighted by molar-refractivity contribution is -0.140. The van der Waals surface area contributed by atoms with Gasteiger partial charge in [-0.15, -0.1) is 0 Å². The van der Waals surface area contributed by atoms with E-state index in [0.717, 1.165) is 16.7 Å². The van der Waals surface area contributed by atoms with Crippen molar-refractivity contribution in [1.29, 1.82) is 5.26 Å². The third kappa shape index (κ3) is 3.74. The van der Waals surface area contributed by atoms with Gasteiger partial charge in [-0.25, -0.2) is 0 Å². The van der Waals surface area contributed by atoms with Crippen molar-refractivity contribution in [2.45, 2.75) is 13.3 Å². The molecule has 18 heavy (non-hydrogen) atoms. The number of nitrogens with zero attached hydrogens (tertiary/aromatic N) is 2. The Morgan fingerprint density at radius 2 is 2.28 bits per heavy atom. The number of benzene rings is 1. The lowest BCUT2D eigenvalue weighted by atomic mass is 10.1. The van der Waals surface area contributed by atoms with Crippen molar-refractivity contribution in [3.05, 3.63) is 28.2 Å². The number of hydrogen-bond acceptors (Lipinski definition) is 4. The number of halogens is 1. The molecule has 96 valence electrons. The lowest BCUT2D eigenvalue weighted by Gasteiger charge is -2.23. The molecule has 0 amide bonds. The Hall–Kier alpha value is -1.54. The molecule has 0 spiro atoms. The van der Waals surface area contributed by atoms with Gasteiger partial charge in [0.2, 0.25) is 0 Å². The van der Waals surface area contributed by atoms with Crippen LogP contribution in [0.5, 0.6) is 0 Å². The van der Waals surface area contributed by atoms with Crippen molar-refractivity contribution in [2.75, 3.05) is 25.1 Å². The SMILES string of the molecule is CCN(CCC(=O)OC)c1cc(Br)ccc1C#N. The molecule has 0 N–H and O–H groups in total. The third-order valence-corrected chi connectivity index (χ3v) is 3.11. The molecule has 1 aromatic carbocycles. The molecule has 0 radical (unpaired) electrons. The van der Waals surface area contributed by atoms with Crippen LogP contribution < -0.4 is 4.90 Å². The van der Waals surface area contributed by atoms with Crippen molar-refractivity contribution in [2.24, 2.45) is 0 Å². The van der Waals surface area contributed by atoms with Crippen LogP contribution in [-0.2, 0) is 9.53 Å². The van der Waals surface area contributed by atoms with Gasteiger partial charge in [-0.3, -0.25) is 4.79 Å². The Labute approximate surface area is 115 Å². The van der Waals surface area contributed by atoms with Gasteiger partial charge in [-0.2, -0.15) is 5.26 Å². The minimum absolute atomic E-state index is 0.248. The second-order valence-electron chi connectivity index (χ2n) is 3.68. The van der Waals surface area contributed by atoms with Crippen molar-refractivity contribution in [1.82, 2.24) is 0 Å². The topological polar surface area (TPSA) is 53.3 Å². The first-order valence-electron chi connectivity index (χ1n) is 5.63. The molecule has 0 aliphatic rings. The zero-order valence-electron chi connectivity index (χ0n) is 10.4. The summed E-state index contributed by atoms with van der Waals surface area (Å²) in [5.41, 5.74) is 1.43. The second kappa shape index (κ2) is 7.02. The average molecular weight is 311 g/mol. The number of anilines is 1. The van der Waals surface area contributed by atoms with Gasteiger partial charge in [-0.1, -0.05) is 15.9 Å². The number of ether oxygens (including phenoxy) is 1. The van der Waals surface area contributed by atoms with Gasteiger partial charge in [0.15, 0.2) is 0 Å². The molecule has 0 saturated carbocycles. The minimum Gasteiger partial charge on any atom is -0.469 e. The summed E-state index contributed by atoms with van der Waals surface area (Å²) < 4.78 is 5.53. The quantitative estimate of drug-likeness (QED) is 0.785. The van der Waals surface area contributed by atoms with Gasteiger partial charge in [0.1, 0.15) is 6.07 Å². The van der Waals surface area contributed by atoms with Gasteiger partial charge in [0.05, 0.1) is 24.8 Å². The number of esters is 1. The molecule has 1 aromatic rings. The van der Waals surface area contributed by atoms with Crippen LogP contribution in [0.3, 0.4) is 0 Å². The molecule has 4 nitrogen and oxygen atoms in total. The highest BCUT2D eigenvalue weighted by Gasteiger charge is 2.12. The monoisotopic (exact) mass is 310 g/mol. The molecule has 0 fully saturated rings. The highest BCUT2D eigenvalue weighted by molar-refractivity contribution is 9.10. The van der Waals surface area contributed by atoms with Crippen LogP contribution in [0.25, 0.3) is 0 Å². The Morgan fingerprint density at radius 1 is 1.56 bits per heavy atom. The number of hydrogen-bond donors (Lipinski definition) is 0. The normalized spacial score (nSPS) is 9.67. The fourth-order valence-electron chi connectivity index (χ4n) is 1.64. The zero-order chi connectivity index (χ0) is 13.5. The molecule has 0 aliphatic carbocycles. The Bertz CT molecular complexity index is 469. The Morgan fingerprint density at radius 3 is 2.83 bits per heavy atom. The van der Waals surface area contributed by atoms with Crippen molar-refractivity contribution in [3.63, 3.8) is 0 Å². The summed E-state index contributed by atoms with van der Waals surface area (Å²) in [7, 11) is 1.37. The highest BCUT2D eigenvalue weighted by Crippen LogP contribution is 2.24. The molecule has 0 aliphatic heterocycles. The van der Waals surface area contributed by atoms with E-state index >= 15 is 0 Å². The number of carbonyl (C=O) groups excluding carboxylic acids is 1. The van der Waals surface area contributed by atoms with E-state index in [-0.39, 0.29) is 5.97 Å². The largest absolute Gasteiger partial charge is 0.469 e. The summed E-state index contributed by atoms with van der Waals surface area (Å²) in [6, 6.07) is 7.64. The van der Waals surface area contributed by atoms with E-state index in [9.17, 15) is 4.79 Å². The molecule has 0 aromatic heterocycles. The van der Waals surface area contributed by atoms with Gasteiger partial charge in [0, 0.05) is 17.6 Å². The Kier molecular flexibility index (Phi) is 5.66. The summed E-state index contributed by atoms with van der Waals surface area (Å²) in [6.45, 7) is 3.25. The predicted octanol–water partition coefficient (Wildman–Crippen LogP) is 2.71. The maximum atomic E-state index is 11.2. The molecule has 0 saturated heterocycles. The van der Waals surface area contributed by atoms with Crippen LogP contribution in [0.1, 0.15) is 18.9 Å². The lowest BCUT2D eigenvalue weighted by Crippen LogP contribution is -2.26. The third-order valence-electron chi connectivity index (χ3n) is 2.62. The van der Waals surface area contributed by atoms with E-state index < -0.39 is 0 Å². The van der Waals surface area contributed by atoms with Gasteiger partial charge >= 0.3 is 5.97 Å². The Balaban J connectivity index is 2.91. The summed E-state index contributed by atoms with van der Waals surface area (Å²) in [4.78, 5) is 13.1. The summed E-state index contributed by atoms with van der Waals surface area (Å²) in [6.07, 6.45) is 0.307. The first-order valence-corrected chi connectivity index (χ1v) is 6.43. The molecular formula is C13H15BrN2O2. The molecule has 5 heteroatoms. The summed E-state index contributed by atoms with van der Waals surface area (Å²) in [5.74, 6) is -0.248. The molecule has 0 atom stereocenters. The first-order chi connectivity index (χ1) is 8.62. The van der Waals surface area contributed by atoms with Gasteiger partial charge in [-0.05, 0) is 25.1 Å². The van der Waals surface area contributed by atoms with Gasteiger partial charge < -0.3 is 9.64 Å². The maximum Gasteiger partial charge on any atom is 0.307 e. The molecule has 1 rings (SSSR count). The molecule has 0 bridgehead atoms. The highest BCUT2D eigenvalue weighted by atomic mass is 79.9. The standard InChI is InChI=1S/C13H15BrN2O2/c1-3-16(7-6-13(17)18-2)12-8-11(14)5-4-10(12)9-15/h4-5,8H,3,6-7H2,1-2H3. The fraction of sp³-hybridized carbons (Fsp3) is 0.385. The molecule has 0 heterocycles. The van der Waals surface area contributed by atoms with E-state index in [0.29, 0.717) is 18.5 Å². The van der Waals surface area contributed by atoms with Crippen molar-refractivity contribution >= 4 is 27.6 Å². The fourth-order valence-corrected chi connectivity index (χ4v) is 1.99. The smallest absolute Gasteiger partial charge is 0.307 e. The van der Waals surface area contributed by atoms with Crippen LogP contribution in [0, 0.1) is 11.3 Å². The zero-order valence-corrected chi connectivity index (χ0v) is 12.0. The average Bonchev–Trinajstić information content (AvgIpc) is 2.39. The predicted molar refractivity (Wildman–Crippen MR) is 73.4 cm³/mol. The van der Waals surface area contributed by atoms with E-state index in [1.54, 1.807) is 6.07 Å².